The van der Waals surface area contributed by atoms with Crippen LogP contribution in [0.3, 0.4) is 0 Å². The molecule has 0 aliphatic carbocycles. The van der Waals surface area contributed by atoms with Crippen molar-refractivity contribution in [3.8, 4) is 23.0 Å². The van der Waals surface area contributed by atoms with Gasteiger partial charge in [-0.25, -0.2) is 0 Å². The van der Waals surface area contributed by atoms with E-state index >= 15 is 0 Å². The van der Waals surface area contributed by atoms with E-state index in [2.05, 4.69) is 16.0 Å². The van der Waals surface area contributed by atoms with Crippen molar-refractivity contribution in [3.05, 3.63) is 83.4 Å². The number of nitrogens with zero attached hydrogens (tertiary/aromatic N) is 3. The number of carbonyl (C=O) groups is 6. The van der Waals surface area contributed by atoms with E-state index in [1.54, 1.807) is 73.8 Å². The third-order valence-electron chi connectivity index (χ3n) is 10.9. The number of hydrogen-bond acceptors (Lipinski definition) is 10. The van der Waals surface area contributed by atoms with Crippen LogP contribution in [0.25, 0.3) is 0 Å². The summed E-state index contributed by atoms with van der Waals surface area (Å²) >= 11 is 1.48. The van der Waals surface area contributed by atoms with Crippen LogP contribution in [0, 0.1) is 0 Å². The lowest BCUT2D eigenvalue weighted by molar-refractivity contribution is -0.149. The van der Waals surface area contributed by atoms with Gasteiger partial charge in [-0.05, 0) is 85.4 Å². The monoisotopic (exact) mass is 830 g/mol. The number of fused-ring (bicyclic) bond motifs is 2. The quantitative estimate of drug-likeness (QED) is 0.321. The highest BCUT2D eigenvalue weighted by atomic mass is 32.2. The van der Waals surface area contributed by atoms with Gasteiger partial charge in [-0.3, -0.25) is 28.8 Å². The average molecular weight is 831 g/mol. The van der Waals surface area contributed by atoms with Crippen molar-refractivity contribution in [2.45, 2.75) is 75.8 Å². The van der Waals surface area contributed by atoms with Crippen molar-refractivity contribution in [1.82, 2.24) is 30.7 Å². The minimum atomic E-state index is -1.16. The van der Waals surface area contributed by atoms with Gasteiger partial charge in [0.15, 0.2) is 11.5 Å². The summed E-state index contributed by atoms with van der Waals surface area (Å²) in [5, 5.41) is 8.39. The average Bonchev–Trinajstić information content (AvgIpc) is 3.23. The zero-order valence-electron chi connectivity index (χ0n) is 34.8. The molecule has 3 aliphatic heterocycles. The number of ether oxygens (including phenoxy) is 3. The summed E-state index contributed by atoms with van der Waals surface area (Å²) in [7, 11) is 7.52. The standard InChI is InChI=1S/C43H54N6O9S/c1-25-38(50)46-32(19-20-59-8)42(54)47(3)33(21-27-9-14-30(56-6)15-10-27)40(52)45-26(2)41(53)49(5)35-22-28-11-16-31(17-12-28)58-37-24-29(13-18-36(37)57-7)23-34(39(51)44-25)48(4)43(35)55/h9-18,24-26,32-35H,19-23H2,1-8H3,(H,44,51)(H,45,52)(H,46,50)/t25-,26+,32+,33+,34+,35+/m1/s1. The van der Waals surface area contributed by atoms with Gasteiger partial charge >= 0.3 is 0 Å². The Morgan fingerprint density at radius 1 is 0.678 bits per heavy atom. The molecule has 1 fully saturated rings. The molecule has 15 nitrogen and oxygen atoms in total. The van der Waals surface area contributed by atoms with E-state index in [1.807, 2.05) is 6.26 Å². The van der Waals surface area contributed by atoms with Crippen LogP contribution in [0.2, 0.25) is 0 Å². The van der Waals surface area contributed by atoms with E-state index < -0.39 is 71.7 Å². The summed E-state index contributed by atoms with van der Waals surface area (Å²) in [5.41, 5.74) is 2.04. The summed E-state index contributed by atoms with van der Waals surface area (Å²) in [6.07, 6.45) is 2.25. The summed E-state index contributed by atoms with van der Waals surface area (Å²) in [5.74, 6) is -1.02. The normalized spacial score (nSPS) is 23.7. The van der Waals surface area contributed by atoms with Crippen LogP contribution in [0.5, 0.6) is 23.0 Å². The van der Waals surface area contributed by atoms with Crippen LogP contribution in [0.15, 0.2) is 66.7 Å². The maximum absolute atomic E-state index is 14.7. The molecule has 0 aromatic heterocycles. The Morgan fingerprint density at radius 3 is 1.95 bits per heavy atom. The number of amides is 6. The van der Waals surface area contributed by atoms with Gasteiger partial charge in [-0.1, -0.05) is 30.3 Å². The Morgan fingerprint density at radius 2 is 1.31 bits per heavy atom. The highest BCUT2D eigenvalue weighted by molar-refractivity contribution is 7.98. The number of nitrogens with one attached hydrogen (secondary N) is 3. The Kier molecular flexibility index (Phi) is 14.9. The van der Waals surface area contributed by atoms with E-state index in [1.165, 1.54) is 68.6 Å². The summed E-state index contributed by atoms with van der Waals surface area (Å²) in [6.45, 7) is 3.01. The van der Waals surface area contributed by atoms with Gasteiger partial charge in [0.25, 0.3) is 0 Å². The lowest BCUT2D eigenvalue weighted by Gasteiger charge is -2.37. The minimum absolute atomic E-state index is 0.00635. The fourth-order valence-corrected chi connectivity index (χ4v) is 7.64. The molecule has 0 unspecified atom stereocenters. The number of methoxy groups -OCH3 is 2. The Hall–Kier alpha value is -5.77. The van der Waals surface area contributed by atoms with E-state index in [0.29, 0.717) is 39.9 Å². The molecular weight excluding hydrogens is 777 g/mol. The molecule has 6 atom stereocenters. The van der Waals surface area contributed by atoms with Crippen LogP contribution in [0.4, 0.5) is 0 Å². The van der Waals surface area contributed by atoms with Gasteiger partial charge in [-0.15, -0.1) is 0 Å². The smallest absolute Gasteiger partial charge is 0.246 e. The van der Waals surface area contributed by atoms with Gasteiger partial charge in [0.1, 0.15) is 47.8 Å². The topological polar surface area (TPSA) is 176 Å². The van der Waals surface area contributed by atoms with E-state index in [-0.39, 0.29) is 25.7 Å². The largest absolute Gasteiger partial charge is 0.497 e. The number of benzene rings is 3. The molecule has 316 valence electrons. The maximum atomic E-state index is 14.7. The molecule has 0 spiro atoms. The second-order valence-electron chi connectivity index (χ2n) is 14.9. The molecule has 3 aromatic rings. The fraction of sp³-hybridized carbons (Fsp3) is 0.442. The molecule has 6 amide bonds. The number of hydrogen-bond donors (Lipinski definition) is 3. The second-order valence-corrected chi connectivity index (χ2v) is 15.9. The second kappa shape index (κ2) is 19.8. The summed E-state index contributed by atoms with van der Waals surface area (Å²) in [6, 6.07) is 12.6. The SMILES string of the molecule is COc1ccc(C[C@H]2C(=O)N[C@@H](C)C(=O)N(C)[C@H]3Cc4ccc(cc4)Oc4cc(ccc4OC)C[C@@H](C(=O)N[C@H](C)C(=O)N[C@@H](CCSC)C(=O)N2C)N(C)C3=O)cc1. The van der Waals surface area contributed by atoms with E-state index in [0.717, 1.165) is 5.56 Å². The highest BCUT2D eigenvalue weighted by Gasteiger charge is 2.39. The molecule has 6 rings (SSSR count). The van der Waals surface area contributed by atoms with Gasteiger partial charge in [-0.2, -0.15) is 11.8 Å². The molecular formula is C43H54N6O9S. The van der Waals surface area contributed by atoms with Crippen LogP contribution in [-0.4, -0.2) is 134 Å². The zero-order chi connectivity index (χ0) is 43.0. The lowest BCUT2D eigenvalue weighted by atomic mass is 9.98. The zero-order valence-corrected chi connectivity index (χ0v) is 35.6. The van der Waals surface area contributed by atoms with Crippen molar-refractivity contribution >= 4 is 47.2 Å². The first-order chi connectivity index (χ1) is 28.1. The molecule has 6 bridgehead atoms. The number of rotatable bonds is 7. The van der Waals surface area contributed by atoms with Crippen molar-refractivity contribution < 1.29 is 43.0 Å². The van der Waals surface area contributed by atoms with Crippen molar-refractivity contribution in [2.24, 2.45) is 0 Å². The van der Waals surface area contributed by atoms with Crippen LogP contribution in [-0.2, 0) is 48.0 Å². The molecule has 0 radical (unpaired) electrons. The molecule has 0 saturated carbocycles. The third-order valence-corrected chi connectivity index (χ3v) is 11.5. The molecule has 1 saturated heterocycles. The predicted octanol–water partition coefficient (Wildman–Crippen LogP) is 2.58. The number of thioether (sulfide) groups is 1. The van der Waals surface area contributed by atoms with Gasteiger partial charge in [0.05, 0.1) is 14.2 Å². The molecule has 3 N–H and O–H groups in total. The van der Waals surface area contributed by atoms with Crippen molar-refractivity contribution in [2.75, 3.05) is 47.4 Å². The van der Waals surface area contributed by atoms with Gasteiger partial charge < -0.3 is 44.9 Å². The van der Waals surface area contributed by atoms with Crippen LogP contribution in [0.1, 0.15) is 37.0 Å². The predicted molar refractivity (Wildman–Crippen MR) is 223 cm³/mol. The molecule has 59 heavy (non-hydrogen) atoms. The first-order valence-electron chi connectivity index (χ1n) is 19.4. The Labute approximate surface area is 349 Å². The third kappa shape index (κ3) is 10.7. The molecule has 3 aliphatic rings. The number of carbonyl (C=O) groups excluding carboxylic acids is 6. The Balaban J connectivity index is 1.60. The van der Waals surface area contributed by atoms with Crippen LogP contribution < -0.4 is 30.2 Å². The highest BCUT2D eigenvalue weighted by Crippen LogP contribution is 2.34. The molecule has 3 heterocycles. The maximum Gasteiger partial charge on any atom is 0.246 e. The van der Waals surface area contributed by atoms with E-state index in [9.17, 15) is 28.8 Å². The van der Waals surface area contributed by atoms with Gasteiger partial charge in [0.2, 0.25) is 35.4 Å². The molecule has 3 aromatic carbocycles. The number of likely N-dealkylation sites (N-methyl/N-ethyl adjacent to an activating group) is 3. The van der Waals surface area contributed by atoms with E-state index in [4.69, 9.17) is 14.2 Å². The van der Waals surface area contributed by atoms with Crippen molar-refractivity contribution in [3.63, 3.8) is 0 Å². The Bertz CT molecular complexity index is 2010. The van der Waals surface area contributed by atoms with Crippen LogP contribution >= 0.6 is 11.8 Å². The lowest BCUT2D eigenvalue weighted by Crippen LogP contribution is -2.62. The first-order valence-corrected chi connectivity index (χ1v) is 20.8. The van der Waals surface area contributed by atoms with Gasteiger partial charge in [0, 0.05) is 40.4 Å². The fourth-order valence-electron chi connectivity index (χ4n) is 7.16. The summed E-state index contributed by atoms with van der Waals surface area (Å²) < 4.78 is 17.1. The minimum Gasteiger partial charge on any atom is -0.497 e. The summed E-state index contributed by atoms with van der Waals surface area (Å²) in [4.78, 5) is 89.7. The van der Waals surface area contributed by atoms with Crippen molar-refractivity contribution in [1.29, 1.82) is 0 Å². The molecule has 16 heteroatoms. The first kappa shape index (κ1) is 44.3.